The van der Waals surface area contributed by atoms with Crippen molar-refractivity contribution in [1.29, 1.82) is 0 Å². The summed E-state index contributed by atoms with van der Waals surface area (Å²) in [4.78, 5) is 31.2. The van der Waals surface area contributed by atoms with Crippen LogP contribution in [0.4, 0.5) is 5.69 Å². The van der Waals surface area contributed by atoms with E-state index in [-0.39, 0.29) is 22.8 Å². The highest BCUT2D eigenvalue weighted by Crippen LogP contribution is 2.29. The summed E-state index contributed by atoms with van der Waals surface area (Å²) in [5.41, 5.74) is 3.21. The first kappa shape index (κ1) is 22.7. The number of aryl methyl sites for hydroxylation is 1. The molecule has 0 saturated carbocycles. The lowest BCUT2D eigenvalue weighted by molar-refractivity contribution is -0.113. The van der Waals surface area contributed by atoms with Crippen LogP contribution in [0.2, 0.25) is 0 Å². The number of carbonyl (C=O) groups excluding carboxylic acids is 1. The molecule has 8 heteroatoms. The molecule has 7 nitrogen and oxygen atoms in total. The summed E-state index contributed by atoms with van der Waals surface area (Å²) < 4.78 is 13.0. The van der Waals surface area contributed by atoms with Gasteiger partial charge >= 0.3 is 5.56 Å². The molecule has 1 amide bonds. The summed E-state index contributed by atoms with van der Waals surface area (Å²) in [6.07, 6.45) is 0. The van der Waals surface area contributed by atoms with Gasteiger partial charge in [0.1, 0.15) is 16.8 Å². The van der Waals surface area contributed by atoms with Crippen LogP contribution in [0.15, 0.2) is 87.2 Å². The van der Waals surface area contributed by atoms with E-state index >= 15 is 0 Å². The number of benzene rings is 3. The molecule has 3 aromatic carbocycles. The van der Waals surface area contributed by atoms with Gasteiger partial charge in [0.15, 0.2) is 5.16 Å². The molecule has 0 atom stereocenters. The highest BCUT2D eigenvalue weighted by Gasteiger charge is 2.20. The number of carbonyl (C=O) groups is 1. The van der Waals surface area contributed by atoms with Crippen LogP contribution < -0.4 is 15.6 Å². The number of thioether (sulfide) groups is 1. The molecule has 0 radical (unpaired) electrons. The second kappa shape index (κ2) is 9.68. The third kappa shape index (κ3) is 4.52. The maximum Gasteiger partial charge on any atom is 0.302 e. The molecule has 2 heterocycles. The first-order chi connectivity index (χ1) is 17.0. The van der Waals surface area contributed by atoms with Crippen molar-refractivity contribution in [3.05, 3.63) is 88.7 Å². The van der Waals surface area contributed by atoms with Crippen LogP contribution in [0.5, 0.6) is 5.75 Å². The minimum absolute atomic E-state index is 0.0556. The number of ether oxygens (including phenoxy) is 1. The number of rotatable bonds is 7. The Kier molecular flexibility index (Phi) is 6.29. The SMILES string of the molecule is CCOc1ccccc1NC(=O)CSc1nc2c(oc3ccccc32)c(=O)n1-c1cccc(C)c1. The molecule has 2 aromatic heterocycles. The highest BCUT2D eigenvalue weighted by atomic mass is 32.2. The predicted molar refractivity (Wildman–Crippen MR) is 139 cm³/mol. The van der Waals surface area contributed by atoms with Crippen molar-refractivity contribution in [3.63, 3.8) is 0 Å². The van der Waals surface area contributed by atoms with Crippen LogP contribution in [0.25, 0.3) is 27.8 Å². The van der Waals surface area contributed by atoms with Crippen LogP contribution >= 0.6 is 11.8 Å². The van der Waals surface area contributed by atoms with Gasteiger partial charge in [-0.15, -0.1) is 0 Å². The van der Waals surface area contributed by atoms with E-state index < -0.39 is 0 Å². The van der Waals surface area contributed by atoms with E-state index in [1.807, 2.05) is 74.5 Å². The van der Waals surface area contributed by atoms with Crippen molar-refractivity contribution in [1.82, 2.24) is 9.55 Å². The number of hydrogen-bond acceptors (Lipinski definition) is 6. The Labute approximate surface area is 205 Å². The number of fused-ring (bicyclic) bond motifs is 3. The fourth-order valence-corrected chi connectivity index (χ4v) is 4.69. The van der Waals surface area contributed by atoms with Gasteiger partial charge < -0.3 is 14.5 Å². The maximum atomic E-state index is 13.6. The fourth-order valence-electron chi connectivity index (χ4n) is 3.88. The second-order valence-corrected chi connectivity index (χ2v) is 8.86. The molecular weight excluding hydrogens is 462 g/mol. The first-order valence-electron chi connectivity index (χ1n) is 11.2. The summed E-state index contributed by atoms with van der Waals surface area (Å²) in [5, 5.41) is 4.06. The zero-order valence-corrected chi connectivity index (χ0v) is 20.1. The summed E-state index contributed by atoms with van der Waals surface area (Å²) in [5.74, 6) is 0.429. The Balaban J connectivity index is 1.53. The fraction of sp³-hybridized carbons (Fsp3) is 0.148. The molecule has 176 valence electrons. The van der Waals surface area contributed by atoms with E-state index in [9.17, 15) is 9.59 Å². The van der Waals surface area contributed by atoms with Crippen molar-refractivity contribution >= 4 is 45.4 Å². The lowest BCUT2D eigenvalue weighted by atomic mass is 10.2. The average molecular weight is 486 g/mol. The molecule has 0 fully saturated rings. The normalized spacial score (nSPS) is 11.1. The standard InChI is InChI=1S/C27H23N3O4S/c1-3-33-22-14-7-5-12-20(22)28-23(31)16-35-27-29-24-19-11-4-6-13-21(19)34-25(24)26(32)30(27)18-10-8-9-17(2)15-18/h4-15H,3,16H2,1-2H3,(H,28,31). The van der Waals surface area contributed by atoms with Gasteiger partial charge in [-0.25, -0.2) is 4.98 Å². The third-order valence-corrected chi connectivity index (χ3v) is 6.36. The molecule has 5 aromatic rings. The van der Waals surface area contributed by atoms with Gasteiger partial charge in [0, 0.05) is 5.39 Å². The monoisotopic (exact) mass is 485 g/mol. The maximum absolute atomic E-state index is 13.6. The van der Waals surface area contributed by atoms with Crippen molar-refractivity contribution in [3.8, 4) is 11.4 Å². The summed E-state index contributed by atoms with van der Waals surface area (Å²) >= 11 is 1.19. The first-order valence-corrected chi connectivity index (χ1v) is 12.2. The molecule has 1 N–H and O–H groups in total. The lowest BCUT2D eigenvalue weighted by Crippen LogP contribution is -2.22. The summed E-state index contributed by atoms with van der Waals surface area (Å²) in [6.45, 7) is 4.34. The molecule has 0 aliphatic heterocycles. The van der Waals surface area contributed by atoms with Gasteiger partial charge in [-0.05, 0) is 55.8 Å². The molecule has 0 saturated heterocycles. The van der Waals surface area contributed by atoms with Crippen molar-refractivity contribution < 1.29 is 13.9 Å². The molecule has 0 aliphatic rings. The Hall–Kier alpha value is -4.04. The molecule has 35 heavy (non-hydrogen) atoms. The number of para-hydroxylation sites is 3. The zero-order chi connectivity index (χ0) is 24.4. The van der Waals surface area contributed by atoms with Crippen molar-refractivity contribution in [2.75, 3.05) is 17.7 Å². The minimum Gasteiger partial charge on any atom is -0.492 e. The molecule has 0 aliphatic carbocycles. The minimum atomic E-state index is -0.318. The van der Waals surface area contributed by atoms with Crippen LogP contribution in [0.1, 0.15) is 12.5 Å². The third-order valence-electron chi connectivity index (χ3n) is 5.42. The van der Waals surface area contributed by atoms with Crippen LogP contribution in [-0.4, -0.2) is 27.8 Å². The largest absolute Gasteiger partial charge is 0.492 e. The number of anilines is 1. The second-order valence-electron chi connectivity index (χ2n) is 7.92. The number of hydrogen-bond donors (Lipinski definition) is 1. The lowest BCUT2D eigenvalue weighted by Gasteiger charge is -2.13. The number of furan rings is 1. The predicted octanol–water partition coefficient (Wildman–Crippen LogP) is 5.57. The Bertz CT molecular complexity index is 1610. The molecule has 0 bridgehead atoms. The number of aromatic nitrogens is 2. The highest BCUT2D eigenvalue weighted by molar-refractivity contribution is 7.99. The molecule has 0 spiro atoms. The number of amides is 1. The molecule has 0 unspecified atom stereocenters. The van der Waals surface area contributed by atoms with Gasteiger partial charge in [-0.1, -0.05) is 48.2 Å². The van der Waals surface area contributed by atoms with Crippen LogP contribution in [-0.2, 0) is 4.79 Å². The Morgan fingerprint density at radius 1 is 1.09 bits per heavy atom. The average Bonchev–Trinajstić information content (AvgIpc) is 3.23. The number of nitrogens with one attached hydrogen (secondary N) is 1. The van der Waals surface area contributed by atoms with Gasteiger partial charge in [-0.2, -0.15) is 0 Å². The van der Waals surface area contributed by atoms with E-state index in [0.29, 0.717) is 40.0 Å². The van der Waals surface area contributed by atoms with E-state index in [0.717, 1.165) is 10.9 Å². The smallest absolute Gasteiger partial charge is 0.302 e. The zero-order valence-electron chi connectivity index (χ0n) is 19.3. The van der Waals surface area contributed by atoms with Gasteiger partial charge in [-0.3, -0.25) is 14.2 Å². The topological polar surface area (TPSA) is 86.4 Å². The summed E-state index contributed by atoms with van der Waals surface area (Å²) in [7, 11) is 0. The van der Waals surface area contributed by atoms with Crippen molar-refractivity contribution in [2.45, 2.75) is 19.0 Å². The van der Waals surface area contributed by atoms with E-state index in [2.05, 4.69) is 5.32 Å². The summed E-state index contributed by atoms with van der Waals surface area (Å²) in [6, 6.07) is 22.3. The van der Waals surface area contributed by atoms with Gasteiger partial charge in [0.25, 0.3) is 0 Å². The van der Waals surface area contributed by atoms with Gasteiger partial charge in [0.2, 0.25) is 11.5 Å². The van der Waals surface area contributed by atoms with E-state index in [1.165, 1.54) is 16.3 Å². The van der Waals surface area contributed by atoms with E-state index in [4.69, 9.17) is 14.1 Å². The Morgan fingerprint density at radius 3 is 2.71 bits per heavy atom. The van der Waals surface area contributed by atoms with Crippen LogP contribution in [0.3, 0.4) is 0 Å². The molecular formula is C27H23N3O4S. The quantitative estimate of drug-likeness (QED) is 0.240. The van der Waals surface area contributed by atoms with E-state index in [1.54, 1.807) is 12.1 Å². The van der Waals surface area contributed by atoms with Gasteiger partial charge in [0.05, 0.1) is 23.7 Å². The molecule has 5 rings (SSSR count). The number of nitrogens with zero attached hydrogens (tertiary/aromatic N) is 2. The Morgan fingerprint density at radius 2 is 1.89 bits per heavy atom. The van der Waals surface area contributed by atoms with Crippen LogP contribution in [0, 0.1) is 6.92 Å². The van der Waals surface area contributed by atoms with Crippen molar-refractivity contribution in [2.24, 2.45) is 0 Å².